The third-order valence-corrected chi connectivity index (χ3v) is 6.03. The van der Waals surface area contributed by atoms with E-state index in [-0.39, 0.29) is 17.7 Å². The molecule has 2 fully saturated rings. The molecule has 1 aromatic heterocycles. The average Bonchev–Trinajstić information content (AvgIpc) is 3.27. The van der Waals surface area contributed by atoms with Crippen LogP contribution in [0.1, 0.15) is 36.5 Å². The maximum atomic E-state index is 13.0. The number of para-hydroxylation sites is 2. The molecule has 1 aliphatic carbocycles. The van der Waals surface area contributed by atoms with Gasteiger partial charge in [-0.3, -0.25) is 9.59 Å². The Hall–Kier alpha value is -3.48. The number of hydrogen-bond acceptors (Lipinski definition) is 5. The second-order valence-electron chi connectivity index (χ2n) is 8.42. The highest BCUT2D eigenvalue weighted by Gasteiger charge is 2.39. The van der Waals surface area contributed by atoms with Crippen LogP contribution in [0.3, 0.4) is 0 Å². The van der Waals surface area contributed by atoms with Crippen molar-refractivity contribution >= 4 is 40.2 Å². The Morgan fingerprint density at radius 1 is 0.968 bits per heavy atom. The molecule has 3 aromatic rings. The first-order chi connectivity index (χ1) is 15.1. The number of hydrogen-bond donors (Lipinski definition) is 2. The minimum absolute atomic E-state index is 0.0155. The van der Waals surface area contributed by atoms with Gasteiger partial charge in [0.25, 0.3) is 5.91 Å². The van der Waals surface area contributed by atoms with Crippen LogP contribution in [0.25, 0.3) is 11.0 Å². The summed E-state index contributed by atoms with van der Waals surface area (Å²) in [5, 5.41) is 5.87. The number of carbonyl (C=O) groups excluding carboxylic acids is 2. The van der Waals surface area contributed by atoms with E-state index in [1.807, 2.05) is 24.3 Å². The highest BCUT2D eigenvalue weighted by molar-refractivity contribution is 6.06. The lowest BCUT2D eigenvalue weighted by Gasteiger charge is -2.20. The quantitative estimate of drug-likeness (QED) is 0.656. The second-order valence-corrected chi connectivity index (χ2v) is 8.42. The Labute approximate surface area is 180 Å². The molecule has 2 aromatic carbocycles. The lowest BCUT2D eigenvalue weighted by Crippen LogP contribution is -2.23. The van der Waals surface area contributed by atoms with E-state index in [0.717, 1.165) is 43.4 Å². The highest BCUT2D eigenvalue weighted by atomic mass is 16.2. The van der Waals surface area contributed by atoms with Crippen LogP contribution < -0.4 is 15.5 Å². The zero-order valence-corrected chi connectivity index (χ0v) is 17.5. The number of anilines is 3. The summed E-state index contributed by atoms with van der Waals surface area (Å²) >= 11 is 0. The van der Waals surface area contributed by atoms with Gasteiger partial charge in [0.15, 0.2) is 11.6 Å². The molecule has 1 saturated heterocycles. The van der Waals surface area contributed by atoms with Crippen molar-refractivity contribution in [1.29, 1.82) is 0 Å². The van der Waals surface area contributed by atoms with Gasteiger partial charge in [-0.15, -0.1) is 0 Å². The fraction of sp³-hybridized carbons (Fsp3) is 0.333. The molecule has 2 amide bonds. The van der Waals surface area contributed by atoms with Crippen LogP contribution in [0.5, 0.6) is 0 Å². The van der Waals surface area contributed by atoms with Crippen molar-refractivity contribution < 1.29 is 9.59 Å². The van der Waals surface area contributed by atoms with E-state index < -0.39 is 0 Å². The van der Waals surface area contributed by atoms with Crippen molar-refractivity contribution in [1.82, 2.24) is 9.97 Å². The molecule has 1 saturated carbocycles. The van der Waals surface area contributed by atoms with Crippen molar-refractivity contribution in [3.63, 3.8) is 0 Å². The van der Waals surface area contributed by atoms with Crippen LogP contribution in [0, 0.1) is 11.8 Å². The maximum Gasteiger partial charge on any atom is 0.256 e. The Morgan fingerprint density at radius 3 is 2.39 bits per heavy atom. The monoisotopic (exact) mass is 415 g/mol. The predicted molar refractivity (Wildman–Crippen MR) is 121 cm³/mol. The van der Waals surface area contributed by atoms with Gasteiger partial charge in [0.05, 0.1) is 11.0 Å². The van der Waals surface area contributed by atoms with Gasteiger partial charge in [0.1, 0.15) is 0 Å². The van der Waals surface area contributed by atoms with Crippen molar-refractivity contribution in [3.8, 4) is 0 Å². The SMILES string of the molecule is CC1CC1C(=O)Nc1cccc(C(=O)Nc2nc3ccccc3nc2N2CCCC2)c1. The molecule has 2 unspecified atom stereocenters. The van der Waals surface area contributed by atoms with E-state index in [1.165, 1.54) is 0 Å². The van der Waals surface area contributed by atoms with Crippen LogP contribution in [-0.2, 0) is 4.79 Å². The molecule has 158 valence electrons. The molecular weight excluding hydrogens is 390 g/mol. The summed E-state index contributed by atoms with van der Waals surface area (Å²) in [4.78, 5) is 36.9. The summed E-state index contributed by atoms with van der Waals surface area (Å²) < 4.78 is 0. The fourth-order valence-corrected chi connectivity index (χ4v) is 4.06. The molecule has 7 nitrogen and oxygen atoms in total. The number of rotatable bonds is 5. The normalized spacial score (nSPS) is 20.0. The molecule has 1 aliphatic heterocycles. The number of benzene rings is 2. The molecule has 2 atom stereocenters. The topological polar surface area (TPSA) is 87.2 Å². The molecule has 7 heteroatoms. The highest BCUT2D eigenvalue weighted by Crippen LogP contribution is 2.38. The number of nitrogens with one attached hydrogen (secondary N) is 2. The minimum atomic E-state index is -0.277. The van der Waals surface area contributed by atoms with Gasteiger partial charge in [-0.1, -0.05) is 25.1 Å². The predicted octanol–water partition coefficient (Wildman–Crippen LogP) is 4.08. The Morgan fingerprint density at radius 2 is 1.68 bits per heavy atom. The summed E-state index contributed by atoms with van der Waals surface area (Å²) in [7, 11) is 0. The van der Waals surface area contributed by atoms with E-state index in [4.69, 9.17) is 4.98 Å². The number of fused-ring (bicyclic) bond motifs is 1. The summed E-state index contributed by atoms with van der Waals surface area (Å²) in [6, 6.07) is 14.7. The molecular formula is C24H25N5O2. The summed E-state index contributed by atoms with van der Waals surface area (Å²) in [5.41, 5.74) is 2.63. The molecule has 2 aliphatic rings. The van der Waals surface area contributed by atoms with Crippen molar-refractivity contribution in [2.45, 2.75) is 26.2 Å². The first-order valence-corrected chi connectivity index (χ1v) is 10.8. The third kappa shape index (κ3) is 4.08. The van der Waals surface area contributed by atoms with Gasteiger partial charge in [-0.25, -0.2) is 9.97 Å². The zero-order valence-electron chi connectivity index (χ0n) is 17.5. The van der Waals surface area contributed by atoms with E-state index in [9.17, 15) is 9.59 Å². The number of carbonyl (C=O) groups is 2. The van der Waals surface area contributed by atoms with E-state index >= 15 is 0 Å². The molecule has 2 heterocycles. The molecule has 0 spiro atoms. The summed E-state index contributed by atoms with van der Waals surface area (Å²) in [6.07, 6.45) is 3.12. The van der Waals surface area contributed by atoms with Gasteiger partial charge in [-0.2, -0.15) is 0 Å². The average molecular weight is 415 g/mol. The number of nitrogens with zero attached hydrogens (tertiary/aromatic N) is 3. The zero-order chi connectivity index (χ0) is 21.4. The summed E-state index contributed by atoms with van der Waals surface area (Å²) in [6.45, 7) is 3.87. The van der Waals surface area contributed by atoms with Crippen molar-refractivity contribution in [2.75, 3.05) is 28.6 Å². The van der Waals surface area contributed by atoms with E-state index in [0.29, 0.717) is 28.8 Å². The minimum Gasteiger partial charge on any atom is -0.354 e. The Kier molecular flexibility index (Phi) is 5.02. The number of amides is 2. The molecule has 2 N–H and O–H groups in total. The third-order valence-electron chi connectivity index (χ3n) is 6.03. The van der Waals surface area contributed by atoms with Gasteiger partial charge in [0, 0.05) is 30.3 Å². The van der Waals surface area contributed by atoms with Gasteiger partial charge < -0.3 is 15.5 Å². The van der Waals surface area contributed by atoms with Gasteiger partial charge in [0.2, 0.25) is 5.91 Å². The first-order valence-electron chi connectivity index (χ1n) is 10.8. The van der Waals surface area contributed by atoms with Crippen LogP contribution in [0.2, 0.25) is 0 Å². The Balaban J connectivity index is 1.40. The second kappa shape index (κ2) is 7.98. The summed E-state index contributed by atoms with van der Waals surface area (Å²) in [5.74, 6) is 1.42. The van der Waals surface area contributed by atoms with E-state index in [2.05, 4.69) is 27.4 Å². The lowest BCUT2D eigenvalue weighted by atomic mass is 10.2. The van der Waals surface area contributed by atoms with Crippen LogP contribution in [0.4, 0.5) is 17.3 Å². The van der Waals surface area contributed by atoms with Crippen molar-refractivity contribution in [3.05, 3.63) is 54.1 Å². The largest absolute Gasteiger partial charge is 0.354 e. The smallest absolute Gasteiger partial charge is 0.256 e. The molecule has 31 heavy (non-hydrogen) atoms. The molecule has 0 bridgehead atoms. The lowest BCUT2D eigenvalue weighted by molar-refractivity contribution is -0.117. The number of aromatic nitrogens is 2. The first kappa shape index (κ1) is 19.5. The van der Waals surface area contributed by atoms with Gasteiger partial charge in [-0.05, 0) is 55.5 Å². The molecule has 0 radical (unpaired) electrons. The maximum absolute atomic E-state index is 13.0. The van der Waals surface area contributed by atoms with Crippen LogP contribution in [0.15, 0.2) is 48.5 Å². The van der Waals surface area contributed by atoms with Crippen molar-refractivity contribution in [2.24, 2.45) is 11.8 Å². The molecule has 5 rings (SSSR count). The fourth-order valence-electron chi connectivity index (χ4n) is 4.06. The van der Waals surface area contributed by atoms with E-state index in [1.54, 1.807) is 24.3 Å². The Bertz CT molecular complexity index is 1160. The van der Waals surface area contributed by atoms with Crippen LogP contribution >= 0.6 is 0 Å². The van der Waals surface area contributed by atoms with Crippen LogP contribution in [-0.4, -0.2) is 34.9 Å². The standard InChI is InChI=1S/C24H25N5O2/c1-15-13-18(15)24(31)25-17-8-6-7-16(14-17)23(30)28-21-22(29-11-4-5-12-29)27-20-10-3-2-9-19(20)26-21/h2-3,6-10,14-15,18H,4-5,11-13H2,1H3,(H,25,31)(H,26,28,30). The van der Waals surface area contributed by atoms with Gasteiger partial charge >= 0.3 is 0 Å².